The summed E-state index contributed by atoms with van der Waals surface area (Å²) in [6.07, 6.45) is 7.55. The van der Waals surface area contributed by atoms with Gasteiger partial charge in [0, 0.05) is 80.4 Å². The van der Waals surface area contributed by atoms with Gasteiger partial charge in [0.1, 0.15) is 0 Å². The highest BCUT2D eigenvalue weighted by Gasteiger charge is 2.27. The quantitative estimate of drug-likeness (QED) is 0.147. The third-order valence-corrected chi connectivity index (χ3v) is 11.0. The first-order chi connectivity index (χ1) is 29.8. The lowest BCUT2D eigenvalue weighted by atomic mass is 9.80. The van der Waals surface area contributed by atoms with Gasteiger partial charge in [0.25, 0.3) is 0 Å². The average Bonchev–Trinajstić information content (AvgIpc) is 3.34. The Morgan fingerprint density at radius 3 is 0.633 bits per heavy atom. The summed E-state index contributed by atoms with van der Waals surface area (Å²) in [7, 11) is 0. The minimum Gasteiger partial charge on any atom is -0.256 e. The molecule has 0 saturated heterocycles. The lowest BCUT2D eigenvalue weighted by molar-refractivity contribution is 1.30. The zero-order chi connectivity index (χ0) is 40.1. The Labute approximate surface area is 350 Å². The van der Waals surface area contributed by atoms with Crippen molar-refractivity contribution < 1.29 is 0 Å². The van der Waals surface area contributed by atoms with Gasteiger partial charge in [-0.15, -0.1) is 0 Å². The number of hydrogen-bond donors (Lipinski definition) is 0. The second kappa shape index (κ2) is 16.4. The van der Waals surface area contributed by atoms with Crippen molar-refractivity contribution in [2.75, 3.05) is 0 Å². The van der Waals surface area contributed by atoms with E-state index in [-0.39, 0.29) is 0 Å². The highest BCUT2D eigenvalue weighted by Crippen LogP contribution is 2.51. The SMILES string of the molecule is c1ccc(-c2cccnc2-c2cccc(-c3ncccc3-c3ccccc3)c2-c2c(-c3ncccc3-c3ccccc3)cccc2-c2ncccc2-c2ccccc2)cc1. The summed E-state index contributed by atoms with van der Waals surface area (Å²) >= 11 is 0. The van der Waals surface area contributed by atoms with Crippen molar-refractivity contribution >= 4 is 0 Å². The van der Waals surface area contributed by atoms with Gasteiger partial charge in [-0.1, -0.05) is 182 Å². The van der Waals surface area contributed by atoms with E-state index >= 15 is 0 Å². The molecule has 0 aliphatic rings. The Morgan fingerprint density at radius 2 is 0.400 bits per heavy atom. The Bertz CT molecular complexity index is 2660. The monoisotopic (exact) mass is 766 g/mol. The van der Waals surface area contributed by atoms with E-state index < -0.39 is 0 Å². The van der Waals surface area contributed by atoms with Crippen molar-refractivity contribution in [2.24, 2.45) is 0 Å². The van der Waals surface area contributed by atoms with Gasteiger partial charge in [-0.2, -0.15) is 0 Å². The van der Waals surface area contributed by atoms with E-state index in [1.165, 1.54) is 0 Å². The summed E-state index contributed by atoms with van der Waals surface area (Å²) in [4.78, 5) is 20.8. The third kappa shape index (κ3) is 6.86. The molecule has 0 aliphatic carbocycles. The molecule has 0 bridgehead atoms. The van der Waals surface area contributed by atoms with Gasteiger partial charge in [0.15, 0.2) is 0 Å². The van der Waals surface area contributed by atoms with Crippen molar-refractivity contribution in [3.05, 3.63) is 231 Å². The van der Waals surface area contributed by atoms with E-state index in [9.17, 15) is 0 Å². The molecule has 0 unspecified atom stereocenters. The summed E-state index contributed by atoms with van der Waals surface area (Å²) in [6.45, 7) is 0. The van der Waals surface area contributed by atoms with Crippen molar-refractivity contribution in [3.8, 4) is 101 Å². The standard InChI is InChI=1S/C56H38N4/c1-5-19-39(20-6-1)43-31-15-35-57-53(43)47-27-13-28-48(54-44(32-16-36-58-54)40-21-7-2-8-22-40)51(47)52-49(55-45(33-17-37-59-55)41-23-9-3-10-24-41)29-14-30-50(52)56-46(34-18-38-60-56)42-25-11-4-12-26-42/h1-38H. The molecule has 0 amide bonds. The highest BCUT2D eigenvalue weighted by molar-refractivity contribution is 6.08. The maximum Gasteiger partial charge on any atom is 0.0786 e. The zero-order valence-corrected chi connectivity index (χ0v) is 32.7. The topological polar surface area (TPSA) is 51.6 Å². The molecule has 4 nitrogen and oxygen atoms in total. The summed E-state index contributed by atoms with van der Waals surface area (Å²) in [5.41, 5.74) is 17.8. The number of pyridine rings is 4. The summed E-state index contributed by atoms with van der Waals surface area (Å²) in [5.74, 6) is 0. The van der Waals surface area contributed by atoms with Crippen LogP contribution in [-0.2, 0) is 0 Å². The molecule has 0 spiro atoms. The van der Waals surface area contributed by atoms with Gasteiger partial charge in [0.2, 0.25) is 0 Å². The zero-order valence-electron chi connectivity index (χ0n) is 32.7. The Balaban J connectivity index is 1.38. The fraction of sp³-hybridized carbons (Fsp3) is 0. The molecule has 10 rings (SSSR count). The molecule has 10 aromatic rings. The number of benzene rings is 6. The number of aromatic nitrogens is 4. The van der Waals surface area contributed by atoms with Crippen LogP contribution in [-0.4, -0.2) is 19.9 Å². The molecule has 4 heterocycles. The summed E-state index contributed by atoms with van der Waals surface area (Å²) < 4.78 is 0. The first-order valence-electron chi connectivity index (χ1n) is 20.1. The van der Waals surface area contributed by atoms with Crippen LogP contribution in [0.15, 0.2) is 231 Å². The molecule has 6 aromatic carbocycles. The first kappa shape index (κ1) is 36.3. The van der Waals surface area contributed by atoms with Crippen molar-refractivity contribution in [2.45, 2.75) is 0 Å². The molecular weight excluding hydrogens is 729 g/mol. The second-order valence-corrected chi connectivity index (χ2v) is 14.5. The van der Waals surface area contributed by atoms with Crippen LogP contribution in [0.1, 0.15) is 0 Å². The highest BCUT2D eigenvalue weighted by atomic mass is 14.7. The molecule has 0 radical (unpaired) electrons. The van der Waals surface area contributed by atoms with Crippen LogP contribution in [0.2, 0.25) is 0 Å². The Morgan fingerprint density at radius 1 is 0.183 bits per heavy atom. The molecule has 0 N–H and O–H groups in total. The molecule has 0 fully saturated rings. The third-order valence-electron chi connectivity index (χ3n) is 11.0. The van der Waals surface area contributed by atoms with Crippen LogP contribution < -0.4 is 0 Å². The van der Waals surface area contributed by atoms with Gasteiger partial charge in [-0.05, 0) is 46.5 Å². The molecule has 0 aliphatic heterocycles. The lowest BCUT2D eigenvalue weighted by Crippen LogP contribution is -2.02. The van der Waals surface area contributed by atoms with Gasteiger partial charge >= 0.3 is 0 Å². The van der Waals surface area contributed by atoms with Gasteiger partial charge < -0.3 is 0 Å². The van der Waals surface area contributed by atoms with E-state index in [0.717, 1.165) is 101 Å². The van der Waals surface area contributed by atoms with Crippen molar-refractivity contribution in [1.29, 1.82) is 0 Å². The number of nitrogens with zero attached hydrogens (tertiary/aromatic N) is 4. The van der Waals surface area contributed by atoms with Crippen LogP contribution in [0.25, 0.3) is 101 Å². The van der Waals surface area contributed by atoms with Crippen LogP contribution in [0.5, 0.6) is 0 Å². The van der Waals surface area contributed by atoms with E-state index in [4.69, 9.17) is 19.9 Å². The van der Waals surface area contributed by atoms with Gasteiger partial charge in [-0.3, -0.25) is 19.9 Å². The maximum atomic E-state index is 5.21. The largest absolute Gasteiger partial charge is 0.256 e. The molecule has 0 saturated carbocycles. The van der Waals surface area contributed by atoms with Crippen LogP contribution in [0, 0.1) is 0 Å². The van der Waals surface area contributed by atoms with Gasteiger partial charge in [0.05, 0.1) is 22.8 Å². The normalized spacial score (nSPS) is 11.0. The van der Waals surface area contributed by atoms with Crippen molar-refractivity contribution in [3.63, 3.8) is 0 Å². The van der Waals surface area contributed by atoms with Crippen LogP contribution in [0.3, 0.4) is 0 Å². The fourth-order valence-corrected chi connectivity index (χ4v) is 8.31. The molecular formula is C56H38N4. The van der Waals surface area contributed by atoms with Crippen LogP contribution >= 0.6 is 0 Å². The minimum atomic E-state index is 0.868. The molecule has 4 heteroatoms. The van der Waals surface area contributed by atoms with E-state index in [1.807, 2.05) is 49.1 Å². The summed E-state index contributed by atoms with van der Waals surface area (Å²) in [6, 6.07) is 71.8. The van der Waals surface area contributed by atoms with Crippen LogP contribution in [0.4, 0.5) is 0 Å². The second-order valence-electron chi connectivity index (χ2n) is 14.5. The predicted octanol–water partition coefficient (Wildman–Crippen LogP) is 14.3. The smallest absolute Gasteiger partial charge is 0.0786 e. The summed E-state index contributed by atoms with van der Waals surface area (Å²) in [5, 5.41) is 0. The fourth-order valence-electron chi connectivity index (χ4n) is 8.31. The number of rotatable bonds is 9. The minimum absolute atomic E-state index is 0.868. The van der Waals surface area contributed by atoms with E-state index in [1.54, 1.807) is 0 Å². The molecule has 0 atom stereocenters. The molecule has 4 aromatic heterocycles. The molecule has 60 heavy (non-hydrogen) atoms. The lowest BCUT2D eigenvalue weighted by Gasteiger charge is -2.24. The Kier molecular flexibility index (Phi) is 9.92. The predicted molar refractivity (Wildman–Crippen MR) is 247 cm³/mol. The van der Waals surface area contributed by atoms with E-state index in [2.05, 4.69) is 182 Å². The molecule has 282 valence electrons. The number of hydrogen-bond acceptors (Lipinski definition) is 4. The first-order valence-corrected chi connectivity index (χ1v) is 20.1. The van der Waals surface area contributed by atoms with Gasteiger partial charge in [-0.25, -0.2) is 0 Å². The Hall–Kier alpha value is -8.08. The average molecular weight is 767 g/mol. The van der Waals surface area contributed by atoms with E-state index in [0.29, 0.717) is 0 Å². The maximum absolute atomic E-state index is 5.21. The van der Waals surface area contributed by atoms with Crippen molar-refractivity contribution in [1.82, 2.24) is 19.9 Å².